The maximum Gasteiger partial charge on any atom is 0.322 e. The van der Waals surface area contributed by atoms with Crippen molar-refractivity contribution < 1.29 is 9.18 Å². The summed E-state index contributed by atoms with van der Waals surface area (Å²) in [5.74, 6) is -0.461. The number of nitrogen functional groups attached to an aromatic ring is 1. The van der Waals surface area contributed by atoms with Crippen LogP contribution in [0.25, 0.3) is 16.6 Å². The van der Waals surface area contributed by atoms with E-state index in [4.69, 9.17) is 11.1 Å². The van der Waals surface area contributed by atoms with Gasteiger partial charge < -0.3 is 31.7 Å². The number of urea groups is 1. The second-order valence-corrected chi connectivity index (χ2v) is 8.25. The van der Waals surface area contributed by atoms with Crippen LogP contribution in [0.15, 0.2) is 66.9 Å². The number of anilines is 4. The highest BCUT2D eigenvalue weighted by Gasteiger charge is 2.20. The Hall–Kier alpha value is -4.66. The molecule has 0 radical (unpaired) electrons. The summed E-state index contributed by atoms with van der Waals surface area (Å²) in [6.45, 7) is 0.930. The molecule has 9 heteroatoms. The van der Waals surface area contributed by atoms with Crippen LogP contribution in [0, 0.1) is 11.2 Å². The number of nitrogens with one attached hydrogen (secondary N) is 4. The van der Waals surface area contributed by atoms with Crippen molar-refractivity contribution in [2.45, 2.75) is 6.42 Å². The Morgan fingerprint density at radius 3 is 2.80 bits per heavy atom. The first kappa shape index (κ1) is 22.1. The zero-order chi connectivity index (χ0) is 24.4. The van der Waals surface area contributed by atoms with E-state index in [1.807, 2.05) is 30.3 Å². The zero-order valence-corrected chi connectivity index (χ0v) is 18.8. The van der Waals surface area contributed by atoms with Crippen molar-refractivity contribution in [3.63, 3.8) is 0 Å². The lowest BCUT2D eigenvalue weighted by Crippen LogP contribution is -2.38. The molecule has 6 N–H and O–H groups in total. The molecule has 35 heavy (non-hydrogen) atoms. The number of para-hydroxylation sites is 1. The third-order valence-electron chi connectivity index (χ3n) is 6.01. The summed E-state index contributed by atoms with van der Waals surface area (Å²) in [7, 11) is 0. The lowest BCUT2D eigenvalue weighted by Gasteiger charge is -2.26. The van der Waals surface area contributed by atoms with Crippen molar-refractivity contribution in [3.8, 4) is 0 Å². The number of rotatable bonds is 5. The van der Waals surface area contributed by atoms with Gasteiger partial charge in [-0.1, -0.05) is 18.2 Å². The molecule has 1 aliphatic heterocycles. The molecule has 3 heterocycles. The van der Waals surface area contributed by atoms with E-state index in [-0.39, 0.29) is 11.7 Å². The summed E-state index contributed by atoms with van der Waals surface area (Å²) in [4.78, 5) is 22.0. The number of nitrogens with zero attached hydrogens (tertiary/aromatic N) is 2. The fourth-order valence-corrected chi connectivity index (χ4v) is 4.10. The number of hydrogen-bond acceptors (Lipinski definition) is 5. The molecule has 2 aromatic carbocycles. The molecule has 0 aliphatic carbocycles. The second-order valence-electron chi connectivity index (χ2n) is 8.25. The Labute approximate surface area is 201 Å². The number of carbonyl (C=O) groups is 1. The van der Waals surface area contributed by atoms with Gasteiger partial charge in [0, 0.05) is 53.5 Å². The molecule has 0 spiro atoms. The number of aromatic amines is 1. The predicted molar refractivity (Wildman–Crippen MR) is 138 cm³/mol. The molecule has 2 aromatic heterocycles. The number of amides is 2. The van der Waals surface area contributed by atoms with Crippen LogP contribution in [0.1, 0.15) is 17.7 Å². The van der Waals surface area contributed by atoms with E-state index >= 15 is 0 Å². The molecule has 8 nitrogen and oxygen atoms in total. The molecule has 0 fully saturated rings. The zero-order valence-electron chi connectivity index (χ0n) is 18.8. The maximum absolute atomic E-state index is 13.9. The minimum absolute atomic E-state index is 0.169. The number of pyridine rings is 1. The smallest absolute Gasteiger partial charge is 0.322 e. The van der Waals surface area contributed by atoms with E-state index in [0.717, 1.165) is 33.7 Å². The van der Waals surface area contributed by atoms with Crippen LogP contribution < -0.4 is 16.4 Å². The largest absolute Gasteiger partial charge is 0.398 e. The van der Waals surface area contributed by atoms with Gasteiger partial charge in [0.1, 0.15) is 11.5 Å². The van der Waals surface area contributed by atoms with E-state index in [9.17, 15) is 9.18 Å². The molecule has 0 atom stereocenters. The quantitative estimate of drug-likeness (QED) is 0.200. The molecular formula is C26H24FN7O. The third kappa shape index (κ3) is 4.56. The molecule has 0 saturated heterocycles. The SMILES string of the molecule is N=Cc1cc(Nc2ccnc3[nH]c(C4=CCN(C(=O)Nc5ccccc5F)CC4)cc23)ccc1N. The summed E-state index contributed by atoms with van der Waals surface area (Å²) >= 11 is 0. The lowest BCUT2D eigenvalue weighted by atomic mass is 10.0. The Morgan fingerprint density at radius 2 is 2.03 bits per heavy atom. The van der Waals surface area contributed by atoms with Crippen LogP contribution in [0.4, 0.5) is 31.9 Å². The number of fused-ring (bicyclic) bond motifs is 1. The highest BCUT2D eigenvalue weighted by atomic mass is 19.1. The minimum atomic E-state index is -0.461. The molecule has 0 bridgehead atoms. The topological polar surface area (TPSA) is 123 Å². The fourth-order valence-electron chi connectivity index (χ4n) is 4.10. The molecule has 176 valence electrons. The normalized spacial score (nSPS) is 13.4. The van der Waals surface area contributed by atoms with Gasteiger partial charge in [-0.15, -0.1) is 0 Å². The van der Waals surface area contributed by atoms with Crippen LogP contribution in [-0.2, 0) is 0 Å². The summed E-state index contributed by atoms with van der Waals surface area (Å²) in [5, 5.41) is 14.5. The van der Waals surface area contributed by atoms with Crippen LogP contribution in [0.3, 0.4) is 0 Å². The van der Waals surface area contributed by atoms with Gasteiger partial charge in [-0.25, -0.2) is 14.2 Å². The molecule has 2 amide bonds. The van der Waals surface area contributed by atoms with Crippen molar-refractivity contribution in [2.24, 2.45) is 0 Å². The van der Waals surface area contributed by atoms with E-state index in [1.165, 1.54) is 18.3 Å². The van der Waals surface area contributed by atoms with Gasteiger partial charge in [-0.05, 0) is 54.5 Å². The van der Waals surface area contributed by atoms with Crippen molar-refractivity contribution >= 4 is 51.6 Å². The summed E-state index contributed by atoms with van der Waals surface area (Å²) < 4.78 is 13.9. The summed E-state index contributed by atoms with van der Waals surface area (Å²) in [5.41, 5.74) is 11.7. The van der Waals surface area contributed by atoms with Crippen molar-refractivity contribution in [3.05, 3.63) is 83.9 Å². The van der Waals surface area contributed by atoms with Gasteiger partial charge in [0.05, 0.1) is 11.4 Å². The fraction of sp³-hybridized carbons (Fsp3) is 0.115. The van der Waals surface area contributed by atoms with Crippen molar-refractivity contribution in [1.82, 2.24) is 14.9 Å². The minimum Gasteiger partial charge on any atom is -0.398 e. The standard InChI is InChI=1S/C26H24FN7O/c27-20-3-1-2-4-23(20)33-26(35)34-11-8-16(9-12-34)24-14-19-22(7-10-30-25(19)32-24)31-18-5-6-21(29)17(13-18)15-28/h1-8,10,13-15,28H,9,11-12,29H2,(H,33,35)(H2,30,31,32). The van der Waals surface area contributed by atoms with E-state index in [1.54, 1.807) is 29.3 Å². The van der Waals surface area contributed by atoms with Gasteiger partial charge in [0.2, 0.25) is 0 Å². The highest BCUT2D eigenvalue weighted by molar-refractivity contribution is 5.95. The Bertz CT molecular complexity index is 1460. The van der Waals surface area contributed by atoms with Crippen LogP contribution in [0.2, 0.25) is 0 Å². The van der Waals surface area contributed by atoms with Crippen molar-refractivity contribution in [2.75, 3.05) is 29.5 Å². The van der Waals surface area contributed by atoms with Crippen LogP contribution >= 0.6 is 0 Å². The molecule has 1 aliphatic rings. The Balaban J connectivity index is 1.33. The molecule has 0 unspecified atom stereocenters. The molecule has 0 saturated carbocycles. The maximum atomic E-state index is 13.9. The number of nitrogens with two attached hydrogens (primary N) is 1. The summed E-state index contributed by atoms with van der Waals surface area (Å²) in [6, 6.07) is 15.2. The van der Waals surface area contributed by atoms with Crippen molar-refractivity contribution in [1.29, 1.82) is 5.41 Å². The molecule has 5 rings (SSSR count). The highest BCUT2D eigenvalue weighted by Crippen LogP contribution is 2.31. The predicted octanol–water partition coefficient (Wildman–Crippen LogP) is 5.35. The summed E-state index contributed by atoms with van der Waals surface area (Å²) in [6.07, 6.45) is 5.61. The van der Waals surface area contributed by atoms with Gasteiger partial charge in [0.25, 0.3) is 0 Å². The average Bonchev–Trinajstić information content (AvgIpc) is 3.32. The number of H-pyrrole nitrogens is 1. The molecular weight excluding hydrogens is 445 g/mol. The second kappa shape index (κ2) is 9.30. The molecule has 4 aromatic rings. The Morgan fingerprint density at radius 1 is 1.17 bits per heavy atom. The number of halogens is 1. The number of hydrogen-bond donors (Lipinski definition) is 5. The number of aromatic nitrogens is 2. The van der Waals surface area contributed by atoms with Gasteiger partial charge in [0.15, 0.2) is 0 Å². The van der Waals surface area contributed by atoms with Crippen LogP contribution in [-0.4, -0.2) is 40.2 Å². The van der Waals surface area contributed by atoms with Gasteiger partial charge in [-0.3, -0.25) is 0 Å². The van der Waals surface area contributed by atoms with E-state index in [0.29, 0.717) is 30.8 Å². The number of carbonyl (C=O) groups excluding carboxylic acids is 1. The van der Waals surface area contributed by atoms with Gasteiger partial charge in [-0.2, -0.15) is 0 Å². The van der Waals surface area contributed by atoms with Crippen LogP contribution in [0.5, 0.6) is 0 Å². The number of benzene rings is 2. The first-order chi connectivity index (χ1) is 17.0. The first-order valence-corrected chi connectivity index (χ1v) is 11.2. The lowest BCUT2D eigenvalue weighted by molar-refractivity contribution is 0.217. The Kier molecular flexibility index (Phi) is 5.88. The average molecular weight is 470 g/mol. The first-order valence-electron chi connectivity index (χ1n) is 11.2. The van der Waals surface area contributed by atoms with E-state index in [2.05, 4.69) is 20.6 Å². The third-order valence-corrected chi connectivity index (χ3v) is 6.01. The van der Waals surface area contributed by atoms with E-state index < -0.39 is 5.82 Å². The monoisotopic (exact) mass is 469 g/mol. The van der Waals surface area contributed by atoms with Gasteiger partial charge >= 0.3 is 6.03 Å².